The molecule has 1 aromatic carbocycles. The summed E-state index contributed by atoms with van der Waals surface area (Å²) in [6.45, 7) is -0.201. The molecule has 7 heteroatoms. The Balaban J connectivity index is 1.91. The molecule has 0 atom stereocenters. The maximum absolute atomic E-state index is 11.5. The lowest BCUT2D eigenvalue weighted by atomic mass is 10.3. The average molecular weight is 287 g/mol. The van der Waals surface area contributed by atoms with Crippen LogP contribution < -0.4 is 10.1 Å². The third kappa shape index (κ3) is 3.38. The van der Waals surface area contributed by atoms with Crippen molar-refractivity contribution in [2.24, 2.45) is 0 Å². The summed E-state index contributed by atoms with van der Waals surface area (Å²) in [5.74, 6) is 0.292. The summed E-state index contributed by atoms with van der Waals surface area (Å²) in [7, 11) is 0. The molecule has 1 aromatic heterocycles. The van der Waals surface area contributed by atoms with Crippen LogP contribution in [0.4, 0.5) is 5.82 Å². The summed E-state index contributed by atoms with van der Waals surface area (Å²) in [5, 5.41) is 6.88. The SMILES string of the molecule is O=C(COc1cc(Cl)ccc1Cl)Nc1ccon1. The molecule has 0 bridgehead atoms. The maximum atomic E-state index is 11.5. The van der Waals surface area contributed by atoms with E-state index in [2.05, 4.69) is 15.0 Å². The fourth-order valence-corrected chi connectivity index (χ4v) is 1.52. The van der Waals surface area contributed by atoms with Crippen LogP contribution in [0, 0.1) is 0 Å². The summed E-state index contributed by atoms with van der Waals surface area (Å²) >= 11 is 11.7. The Morgan fingerprint density at radius 3 is 2.94 bits per heavy atom. The van der Waals surface area contributed by atoms with E-state index in [4.69, 9.17) is 27.9 Å². The topological polar surface area (TPSA) is 64.4 Å². The van der Waals surface area contributed by atoms with E-state index in [1.807, 2.05) is 0 Å². The molecule has 0 unspecified atom stereocenters. The molecule has 0 fully saturated rings. The van der Waals surface area contributed by atoms with Gasteiger partial charge < -0.3 is 14.6 Å². The Morgan fingerprint density at radius 2 is 2.22 bits per heavy atom. The highest BCUT2D eigenvalue weighted by Gasteiger charge is 2.08. The van der Waals surface area contributed by atoms with Crippen molar-refractivity contribution in [1.29, 1.82) is 0 Å². The third-order valence-corrected chi connectivity index (χ3v) is 2.50. The predicted octanol–water partition coefficient (Wildman–Crippen LogP) is 3.00. The summed E-state index contributed by atoms with van der Waals surface area (Å²) < 4.78 is 9.81. The quantitative estimate of drug-likeness (QED) is 0.938. The van der Waals surface area contributed by atoms with Crippen LogP contribution in [-0.4, -0.2) is 17.7 Å². The zero-order valence-electron chi connectivity index (χ0n) is 9.02. The normalized spacial score (nSPS) is 10.1. The number of nitrogens with zero attached hydrogens (tertiary/aromatic N) is 1. The standard InChI is InChI=1S/C11H8Cl2N2O3/c12-7-1-2-8(13)9(5-7)17-6-11(16)14-10-3-4-18-15-10/h1-5H,6H2,(H,14,15,16). The maximum Gasteiger partial charge on any atom is 0.263 e. The molecule has 0 radical (unpaired) electrons. The van der Waals surface area contributed by atoms with Crippen LogP contribution in [0.25, 0.3) is 0 Å². The third-order valence-electron chi connectivity index (χ3n) is 1.96. The van der Waals surface area contributed by atoms with E-state index in [-0.39, 0.29) is 12.5 Å². The van der Waals surface area contributed by atoms with Crippen LogP contribution >= 0.6 is 23.2 Å². The zero-order chi connectivity index (χ0) is 13.0. The number of nitrogens with one attached hydrogen (secondary N) is 1. The molecule has 1 N–H and O–H groups in total. The van der Waals surface area contributed by atoms with Crippen molar-refractivity contribution in [2.45, 2.75) is 0 Å². The van der Waals surface area contributed by atoms with Crippen LogP contribution in [0.2, 0.25) is 10.0 Å². The molecule has 5 nitrogen and oxygen atoms in total. The number of halogens is 2. The molecule has 0 aliphatic heterocycles. The van der Waals surface area contributed by atoms with Gasteiger partial charge in [-0.1, -0.05) is 28.4 Å². The van der Waals surface area contributed by atoms with Crippen molar-refractivity contribution in [3.05, 3.63) is 40.6 Å². The first-order valence-corrected chi connectivity index (χ1v) is 5.69. The van der Waals surface area contributed by atoms with Crippen LogP contribution in [0.1, 0.15) is 0 Å². The van der Waals surface area contributed by atoms with Crippen LogP contribution in [-0.2, 0) is 4.79 Å². The van der Waals surface area contributed by atoms with E-state index < -0.39 is 0 Å². The van der Waals surface area contributed by atoms with Crippen LogP contribution in [0.15, 0.2) is 35.1 Å². The van der Waals surface area contributed by atoms with Crippen molar-refractivity contribution in [3.8, 4) is 5.75 Å². The number of rotatable bonds is 4. The van der Waals surface area contributed by atoms with Crippen molar-refractivity contribution >= 4 is 34.9 Å². The van der Waals surface area contributed by atoms with Gasteiger partial charge in [-0.2, -0.15) is 0 Å². The molecule has 0 aliphatic rings. The van der Waals surface area contributed by atoms with E-state index in [0.717, 1.165) is 0 Å². The van der Waals surface area contributed by atoms with Gasteiger partial charge in [-0.05, 0) is 12.1 Å². The summed E-state index contributed by atoms with van der Waals surface area (Å²) in [6, 6.07) is 6.28. The second kappa shape index (κ2) is 5.75. The highest BCUT2D eigenvalue weighted by Crippen LogP contribution is 2.27. The van der Waals surface area contributed by atoms with Gasteiger partial charge in [0.05, 0.1) is 5.02 Å². The Kier molecular flexibility index (Phi) is 4.07. The minimum atomic E-state index is -0.375. The average Bonchev–Trinajstić information content (AvgIpc) is 2.83. The van der Waals surface area contributed by atoms with E-state index in [1.54, 1.807) is 12.1 Å². The molecule has 18 heavy (non-hydrogen) atoms. The van der Waals surface area contributed by atoms with Gasteiger partial charge in [0.25, 0.3) is 5.91 Å². The number of carbonyl (C=O) groups excluding carboxylic acids is 1. The second-order valence-electron chi connectivity index (χ2n) is 3.30. The number of ether oxygens (including phenoxy) is 1. The molecular weight excluding hydrogens is 279 g/mol. The largest absolute Gasteiger partial charge is 0.482 e. The van der Waals surface area contributed by atoms with E-state index >= 15 is 0 Å². The van der Waals surface area contributed by atoms with Gasteiger partial charge in [0.2, 0.25) is 0 Å². The Hall–Kier alpha value is -1.72. The number of anilines is 1. The monoisotopic (exact) mass is 286 g/mol. The first-order chi connectivity index (χ1) is 8.65. The van der Waals surface area contributed by atoms with Gasteiger partial charge in [-0.3, -0.25) is 4.79 Å². The minimum Gasteiger partial charge on any atom is -0.482 e. The van der Waals surface area contributed by atoms with Crippen molar-refractivity contribution in [3.63, 3.8) is 0 Å². The van der Waals surface area contributed by atoms with E-state index in [1.165, 1.54) is 18.4 Å². The van der Waals surface area contributed by atoms with Crippen molar-refractivity contribution in [1.82, 2.24) is 5.16 Å². The molecular formula is C11H8Cl2N2O3. The molecule has 0 saturated heterocycles. The fraction of sp³-hybridized carbons (Fsp3) is 0.0909. The summed E-state index contributed by atoms with van der Waals surface area (Å²) in [5.41, 5.74) is 0. The number of aromatic nitrogens is 1. The predicted molar refractivity (Wildman–Crippen MR) is 67.1 cm³/mol. The highest BCUT2D eigenvalue weighted by molar-refractivity contribution is 6.34. The number of hydrogen-bond donors (Lipinski definition) is 1. The lowest BCUT2D eigenvalue weighted by Gasteiger charge is -2.07. The van der Waals surface area contributed by atoms with Gasteiger partial charge in [0.1, 0.15) is 12.0 Å². The van der Waals surface area contributed by atoms with Crippen molar-refractivity contribution < 1.29 is 14.1 Å². The van der Waals surface area contributed by atoms with Gasteiger partial charge in [0, 0.05) is 17.2 Å². The molecule has 0 saturated carbocycles. The number of hydrogen-bond acceptors (Lipinski definition) is 4. The second-order valence-corrected chi connectivity index (χ2v) is 4.14. The molecule has 1 heterocycles. The molecule has 0 aliphatic carbocycles. The lowest BCUT2D eigenvalue weighted by Crippen LogP contribution is -2.20. The smallest absolute Gasteiger partial charge is 0.263 e. The molecule has 94 valence electrons. The number of benzene rings is 1. The Morgan fingerprint density at radius 1 is 1.39 bits per heavy atom. The van der Waals surface area contributed by atoms with Gasteiger partial charge in [-0.25, -0.2) is 0 Å². The van der Waals surface area contributed by atoms with Crippen molar-refractivity contribution in [2.75, 3.05) is 11.9 Å². The molecule has 1 amide bonds. The van der Waals surface area contributed by atoms with E-state index in [0.29, 0.717) is 21.6 Å². The first kappa shape index (κ1) is 12.7. The van der Waals surface area contributed by atoms with Gasteiger partial charge >= 0.3 is 0 Å². The Bertz CT molecular complexity index is 543. The summed E-state index contributed by atoms with van der Waals surface area (Å²) in [4.78, 5) is 11.5. The minimum absolute atomic E-state index is 0.201. The first-order valence-electron chi connectivity index (χ1n) is 4.93. The Labute approximate surface area is 113 Å². The van der Waals surface area contributed by atoms with Gasteiger partial charge in [-0.15, -0.1) is 0 Å². The summed E-state index contributed by atoms with van der Waals surface area (Å²) in [6.07, 6.45) is 1.35. The molecule has 2 rings (SSSR count). The van der Waals surface area contributed by atoms with Crippen LogP contribution in [0.5, 0.6) is 5.75 Å². The lowest BCUT2D eigenvalue weighted by molar-refractivity contribution is -0.118. The van der Waals surface area contributed by atoms with Crippen LogP contribution in [0.3, 0.4) is 0 Å². The molecule has 0 spiro atoms. The highest BCUT2D eigenvalue weighted by atomic mass is 35.5. The van der Waals surface area contributed by atoms with Gasteiger partial charge in [0.15, 0.2) is 12.4 Å². The molecule has 2 aromatic rings. The number of carbonyl (C=O) groups is 1. The van der Waals surface area contributed by atoms with E-state index in [9.17, 15) is 4.79 Å². The number of amides is 1. The zero-order valence-corrected chi connectivity index (χ0v) is 10.5. The fourth-order valence-electron chi connectivity index (χ4n) is 1.19.